The predicted octanol–water partition coefficient (Wildman–Crippen LogP) is 14.1. The molecule has 0 radical (unpaired) electrons. The second-order valence-electron chi connectivity index (χ2n) is 13.6. The van der Waals surface area contributed by atoms with E-state index >= 15 is 0 Å². The fraction of sp³-hybridized carbons (Fsp3) is 0.0385. The highest BCUT2D eigenvalue weighted by Gasteiger charge is 2.17. The number of benzene rings is 8. The first-order valence-electron chi connectivity index (χ1n) is 18.3. The first-order chi connectivity index (χ1) is 26.1. The number of aryl methyl sites for hydroxylation is 2. The Bertz CT molecular complexity index is 2420. The summed E-state index contributed by atoms with van der Waals surface area (Å²) in [5.74, 6) is 0. The van der Waals surface area contributed by atoms with Gasteiger partial charge in [0, 0.05) is 16.8 Å². The zero-order valence-corrected chi connectivity index (χ0v) is 30.2. The van der Waals surface area contributed by atoms with Gasteiger partial charge in [-0.25, -0.2) is 0 Å². The minimum Gasteiger partial charge on any atom is -0.310 e. The quantitative estimate of drug-likeness (QED) is 0.137. The molecule has 8 aromatic carbocycles. The molecule has 1 nitrogen and oxygen atoms in total. The van der Waals surface area contributed by atoms with Crippen LogP contribution in [0.4, 0.5) is 17.1 Å². The standard InChI is InChI=1S/C52H41N/c1-38-22-28-43(29-23-38)50(44-30-24-39(2)25-31-44)36-40-26-33-47(34-27-40)53(46-18-10-5-11-19-46)52-35-32-45(48-20-12-13-21-49(48)52)37-51(41-14-6-3-7-15-41)42-16-8-4-9-17-42/h3-37H,1-2H3. The number of fused-ring (bicyclic) bond motifs is 1. The number of rotatable bonds is 9. The molecule has 8 aromatic rings. The van der Waals surface area contributed by atoms with E-state index < -0.39 is 0 Å². The van der Waals surface area contributed by atoms with Gasteiger partial charge in [-0.15, -0.1) is 0 Å². The van der Waals surface area contributed by atoms with Gasteiger partial charge in [-0.05, 0) is 106 Å². The lowest BCUT2D eigenvalue weighted by Gasteiger charge is -2.27. The number of nitrogens with zero attached hydrogens (tertiary/aromatic N) is 1. The van der Waals surface area contributed by atoms with E-state index in [1.807, 2.05) is 0 Å². The molecular weight excluding hydrogens is 639 g/mol. The summed E-state index contributed by atoms with van der Waals surface area (Å²) in [6.45, 7) is 4.27. The van der Waals surface area contributed by atoms with E-state index in [4.69, 9.17) is 0 Å². The van der Waals surface area contributed by atoms with Crippen LogP contribution in [0.15, 0.2) is 200 Å². The molecule has 254 valence electrons. The lowest BCUT2D eigenvalue weighted by atomic mass is 9.93. The molecule has 53 heavy (non-hydrogen) atoms. The van der Waals surface area contributed by atoms with Crippen LogP contribution in [0.25, 0.3) is 34.1 Å². The number of para-hydroxylation sites is 1. The van der Waals surface area contributed by atoms with Crippen LogP contribution in [-0.4, -0.2) is 0 Å². The smallest absolute Gasteiger partial charge is 0.0540 e. The van der Waals surface area contributed by atoms with Gasteiger partial charge in [-0.2, -0.15) is 0 Å². The molecule has 0 aromatic heterocycles. The molecule has 0 heterocycles. The third kappa shape index (κ3) is 7.38. The van der Waals surface area contributed by atoms with Crippen LogP contribution in [-0.2, 0) is 0 Å². The summed E-state index contributed by atoms with van der Waals surface area (Å²) in [6.07, 6.45) is 4.64. The van der Waals surface area contributed by atoms with Crippen molar-refractivity contribution in [2.45, 2.75) is 13.8 Å². The van der Waals surface area contributed by atoms with Crippen molar-refractivity contribution >= 4 is 51.1 Å². The monoisotopic (exact) mass is 679 g/mol. The topological polar surface area (TPSA) is 3.24 Å². The van der Waals surface area contributed by atoms with Gasteiger partial charge in [-0.1, -0.05) is 181 Å². The van der Waals surface area contributed by atoms with Crippen LogP contribution in [0.3, 0.4) is 0 Å². The van der Waals surface area contributed by atoms with Crippen LogP contribution in [0, 0.1) is 13.8 Å². The summed E-state index contributed by atoms with van der Waals surface area (Å²) in [6, 6.07) is 71.9. The zero-order chi connectivity index (χ0) is 36.0. The van der Waals surface area contributed by atoms with Crippen LogP contribution in [0.1, 0.15) is 44.5 Å². The summed E-state index contributed by atoms with van der Waals surface area (Å²) >= 11 is 0. The molecule has 0 aliphatic rings. The maximum Gasteiger partial charge on any atom is 0.0540 e. The largest absolute Gasteiger partial charge is 0.310 e. The average Bonchev–Trinajstić information content (AvgIpc) is 3.22. The molecule has 0 N–H and O–H groups in total. The van der Waals surface area contributed by atoms with Crippen molar-refractivity contribution in [3.63, 3.8) is 0 Å². The second-order valence-corrected chi connectivity index (χ2v) is 13.6. The van der Waals surface area contributed by atoms with E-state index in [0.29, 0.717) is 0 Å². The van der Waals surface area contributed by atoms with Crippen molar-refractivity contribution < 1.29 is 0 Å². The van der Waals surface area contributed by atoms with E-state index in [-0.39, 0.29) is 0 Å². The molecule has 0 saturated heterocycles. The normalized spacial score (nSPS) is 10.8. The SMILES string of the molecule is Cc1ccc(C(=Cc2ccc(N(c3ccccc3)c3ccc(C=C(c4ccccc4)c4ccccc4)c4ccccc34)cc2)c2ccc(C)cc2)cc1. The lowest BCUT2D eigenvalue weighted by Crippen LogP contribution is -2.10. The van der Waals surface area contributed by atoms with Crippen LogP contribution in [0.5, 0.6) is 0 Å². The van der Waals surface area contributed by atoms with E-state index in [1.165, 1.54) is 60.9 Å². The van der Waals surface area contributed by atoms with Gasteiger partial charge in [0.1, 0.15) is 0 Å². The van der Waals surface area contributed by atoms with Crippen molar-refractivity contribution in [1.82, 2.24) is 0 Å². The Hall–Kier alpha value is -6.70. The summed E-state index contributed by atoms with van der Waals surface area (Å²) in [4.78, 5) is 2.37. The molecule has 0 aliphatic heterocycles. The molecule has 0 atom stereocenters. The second kappa shape index (κ2) is 15.3. The first kappa shape index (κ1) is 33.4. The molecule has 0 aliphatic carbocycles. The maximum atomic E-state index is 2.37. The lowest BCUT2D eigenvalue weighted by molar-refractivity contribution is 1.29. The fourth-order valence-corrected chi connectivity index (χ4v) is 7.04. The van der Waals surface area contributed by atoms with Gasteiger partial charge in [0.15, 0.2) is 0 Å². The molecule has 0 spiro atoms. The third-order valence-corrected chi connectivity index (χ3v) is 9.85. The average molecular weight is 680 g/mol. The van der Waals surface area contributed by atoms with Crippen molar-refractivity contribution in [2.75, 3.05) is 4.90 Å². The van der Waals surface area contributed by atoms with E-state index in [2.05, 4.69) is 231 Å². The van der Waals surface area contributed by atoms with Crippen molar-refractivity contribution in [2.24, 2.45) is 0 Å². The molecule has 1 heteroatoms. The van der Waals surface area contributed by atoms with Gasteiger partial charge >= 0.3 is 0 Å². The molecular formula is C52H41N. The minimum absolute atomic E-state index is 1.10. The number of hydrogen-bond donors (Lipinski definition) is 0. The van der Waals surface area contributed by atoms with Crippen molar-refractivity contribution in [3.05, 3.63) is 245 Å². The molecule has 0 saturated carbocycles. The van der Waals surface area contributed by atoms with Crippen LogP contribution in [0.2, 0.25) is 0 Å². The Labute approximate surface area is 313 Å². The highest BCUT2D eigenvalue weighted by Crippen LogP contribution is 2.41. The summed E-state index contributed by atoms with van der Waals surface area (Å²) < 4.78 is 0. The predicted molar refractivity (Wildman–Crippen MR) is 228 cm³/mol. The Morgan fingerprint density at radius 3 is 1.34 bits per heavy atom. The highest BCUT2D eigenvalue weighted by atomic mass is 15.1. The fourth-order valence-electron chi connectivity index (χ4n) is 7.04. The van der Waals surface area contributed by atoms with E-state index in [0.717, 1.165) is 22.6 Å². The van der Waals surface area contributed by atoms with E-state index in [9.17, 15) is 0 Å². The summed E-state index contributed by atoms with van der Waals surface area (Å²) in [7, 11) is 0. The maximum absolute atomic E-state index is 2.37. The Kier molecular flexibility index (Phi) is 9.64. The molecule has 0 amide bonds. The Balaban J connectivity index is 1.23. The van der Waals surface area contributed by atoms with Gasteiger partial charge < -0.3 is 4.90 Å². The number of anilines is 3. The van der Waals surface area contributed by atoms with Crippen LogP contribution >= 0.6 is 0 Å². The Morgan fingerprint density at radius 1 is 0.358 bits per heavy atom. The third-order valence-electron chi connectivity index (χ3n) is 9.85. The molecule has 0 bridgehead atoms. The molecule has 0 fully saturated rings. The van der Waals surface area contributed by atoms with Gasteiger partial charge in [0.25, 0.3) is 0 Å². The van der Waals surface area contributed by atoms with Crippen molar-refractivity contribution in [1.29, 1.82) is 0 Å². The minimum atomic E-state index is 1.10. The Morgan fingerprint density at radius 2 is 0.792 bits per heavy atom. The highest BCUT2D eigenvalue weighted by molar-refractivity contribution is 6.06. The van der Waals surface area contributed by atoms with Crippen LogP contribution < -0.4 is 4.90 Å². The summed E-state index contributed by atoms with van der Waals surface area (Å²) in [5, 5.41) is 2.39. The van der Waals surface area contributed by atoms with Gasteiger partial charge in [0.05, 0.1) is 5.69 Å². The zero-order valence-electron chi connectivity index (χ0n) is 30.2. The molecule has 8 rings (SSSR count). The van der Waals surface area contributed by atoms with E-state index in [1.54, 1.807) is 0 Å². The van der Waals surface area contributed by atoms with Gasteiger partial charge in [-0.3, -0.25) is 0 Å². The van der Waals surface area contributed by atoms with Gasteiger partial charge in [0.2, 0.25) is 0 Å². The summed E-state index contributed by atoms with van der Waals surface area (Å²) in [5.41, 5.74) is 15.4. The van der Waals surface area contributed by atoms with Crippen molar-refractivity contribution in [3.8, 4) is 0 Å². The molecule has 0 unspecified atom stereocenters. The number of hydrogen-bond acceptors (Lipinski definition) is 1. The first-order valence-corrected chi connectivity index (χ1v) is 18.3.